The van der Waals surface area contributed by atoms with Gasteiger partial charge in [0.25, 0.3) is 15.6 Å². The molecular weight excluding hydrogens is 669 g/mol. The van der Waals surface area contributed by atoms with Crippen LogP contribution in [-0.2, 0) is 51.3 Å². The predicted octanol–water partition coefficient (Wildman–Crippen LogP) is 3.62. The van der Waals surface area contributed by atoms with Crippen LogP contribution in [0.3, 0.4) is 0 Å². The van der Waals surface area contributed by atoms with Gasteiger partial charge < -0.3 is 19.3 Å². The normalized spacial score (nSPS) is 19.1. The van der Waals surface area contributed by atoms with E-state index in [1.54, 1.807) is 23.6 Å². The molecule has 3 aliphatic heterocycles. The molecule has 3 aliphatic rings. The van der Waals surface area contributed by atoms with Crippen molar-refractivity contribution < 1.29 is 23.1 Å². The van der Waals surface area contributed by atoms with Crippen molar-refractivity contribution in [2.24, 2.45) is 4.40 Å². The van der Waals surface area contributed by atoms with Crippen LogP contribution in [0.5, 0.6) is 0 Å². The number of pyridine rings is 3. The Morgan fingerprint density at radius 2 is 1.75 bits per heavy atom. The van der Waals surface area contributed by atoms with E-state index in [2.05, 4.69) is 14.3 Å². The molecule has 0 spiro atoms. The van der Waals surface area contributed by atoms with Crippen LogP contribution in [0.2, 0.25) is 0 Å². The van der Waals surface area contributed by atoms with E-state index >= 15 is 0 Å². The number of hydrogen-bond donors (Lipinski definition) is 1. The first-order valence-electron chi connectivity index (χ1n) is 17.0. The maximum atomic E-state index is 13.9. The molecule has 0 amide bonds. The minimum Gasteiger partial charge on any atom is -0.458 e. The van der Waals surface area contributed by atoms with Crippen molar-refractivity contribution in [2.45, 2.75) is 50.0 Å². The first-order valence-corrected chi connectivity index (χ1v) is 18.4. The highest BCUT2D eigenvalue weighted by Gasteiger charge is 2.45. The molecule has 260 valence electrons. The summed E-state index contributed by atoms with van der Waals surface area (Å²) in [6.45, 7) is 4.83. The molecule has 1 saturated heterocycles. The molecule has 0 unspecified atom stereocenters. The third-order valence-electron chi connectivity index (χ3n) is 10.2. The zero-order chi connectivity index (χ0) is 35.3. The number of cyclic esters (lactones) is 1. The first-order chi connectivity index (χ1) is 24.7. The summed E-state index contributed by atoms with van der Waals surface area (Å²) in [4.78, 5) is 39.9. The third kappa shape index (κ3) is 5.80. The van der Waals surface area contributed by atoms with Gasteiger partial charge in [0.15, 0.2) is 5.60 Å². The number of piperazine rings is 1. The summed E-state index contributed by atoms with van der Waals surface area (Å²) >= 11 is 0. The summed E-state index contributed by atoms with van der Waals surface area (Å²) in [5.41, 5.74) is 3.35. The van der Waals surface area contributed by atoms with Crippen LogP contribution in [0.4, 0.5) is 0 Å². The van der Waals surface area contributed by atoms with Gasteiger partial charge in [-0.15, -0.1) is 4.40 Å². The molecule has 3 aromatic heterocycles. The van der Waals surface area contributed by atoms with Gasteiger partial charge in [0.05, 0.1) is 29.0 Å². The molecule has 2 aromatic carbocycles. The lowest BCUT2D eigenvalue weighted by Crippen LogP contribution is -2.49. The molecule has 12 nitrogen and oxygen atoms in total. The number of ether oxygens (including phenoxy) is 1. The second-order valence-electron chi connectivity index (χ2n) is 13.1. The number of carbonyl (C=O) groups is 1. The van der Waals surface area contributed by atoms with E-state index in [4.69, 9.17) is 9.72 Å². The van der Waals surface area contributed by atoms with Gasteiger partial charge >= 0.3 is 5.97 Å². The zero-order valence-corrected chi connectivity index (χ0v) is 28.8. The van der Waals surface area contributed by atoms with Crippen LogP contribution < -0.4 is 5.56 Å². The number of benzene rings is 2. The number of aliphatic hydroxyl groups is 1. The lowest BCUT2D eigenvalue weighted by molar-refractivity contribution is -0.172. The van der Waals surface area contributed by atoms with Crippen LogP contribution in [0.15, 0.2) is 99.3 Å². The number of carbonyl (C=O) groups excluding carboxylic acids is 1. The Kier molecular flexibility index (Phi) is 8.28. The SMILES string of the molecule is CC[C@@]1(O)C(=O)OCc2c1cc1n(c2=O)Cc2c-1nc1ccccc1c2CN1CCN(/C(Cc2ccccc2)=N\S(=O)(=O)c2cccnc2)CC1. The minimum atomic E-state index is -3.98. The van der Waals surface area contributed by atoms with Gasteiger partial charge in [0.2, 0.25) is 0 Å². The summed E-state index contributed by atoms with van der Waals surface area (Å²) in [5, 5.41) is 12.3. The van der Waals surface area contributed by atoms with Crippen LogP contribution in [-0.4, -0.2) is 75.8 Å². The second kappa shape index (κ2) is 12.8. The van der Waals surface area contributed by atoms with E-state index in [0.717, 1.165) is 27.6 Å². The fourth-order valence-electron chi connectivity index (χ4n) is 7.35. The zero-order valence-electron chi connectivity index (χ0n) is 28.0. The number of para-hydroxylation sites is 1. The van der Waals surface area contributed by atoms with Gasteiger partial charge in [-0.25, -0.2) is 9.78 Å². The molecule has 0 saturated carbocycles. The van der Waals surface area contributed by atoms with Crippen molar-refractivity contribution >= 4 is 32.7 Å². The van der Waals surface area contributed by atoms with Crippen LogP contribution in [0.1, 0.15) is 41.2 Å². The summed E-state index contributed by atoms with van der Waals surface area (Å²) in [7, 11) is -3.98. The number of sulfonamides is 1. The summed E-state index contributed by atoms with van der Waals surface area (Å²) in [6.07, 6.45) is 3.28. The molecule has 0 aliphatic carbocycles. The van der Waals surface area contributed by atoms with Crippen molar-refractivity contribution in [3.05, 3.63) is 123 Å². The van der Waals surface area contributed by atoms with E-state index in [-0.39, 0.29) is 34.6 Å². The molecule has 51 heavy (non-hydrogen) atoms. The maximum Gasteiger partial charge on any atom is 0.343 e. The van der Waals surface area contributed by atoms with Crippen molar-refractivity contribution in [2.75, 3.05) is 26.2 Å². The van der Waals surface area contributed by atoms with E-state index < -0.39 is 21.6 Å². The number of hydrogen-bond acceptors (Lipinski definition) is 9. The first kappa shape index (κ1) is 32.9. The number of nitrogens with zero attached hydrogens (tertiary/aromatic N) is 6. The van der Waals surface area contributed by atoms with Crippen molar-refractivity contribution in [1.29, 1.82) is 0 Å². The van der Waals surface area contributed by atoms with Crippen molar-refractivity contribution in [3.8, 4) is 11.4 Å². The van der Waals surface area contributed by atoms with Gasteiger partial charge in [-0.05, 0) is 41.8 Å². The largest absolute Gasteiger partial charge is 0.458 e. The molecule has 8 rings (SSSR count). The van der Waals surface area contributed by atoms with E-state index in [9.17, 15) is 23.1 Å². The van der Waals surface area contributed by atoms with Gasteiger partial charge in [-0.1, -0.05) is 55.5 Å². The molecule has 0 radical (unpaired) electrons. The molecule has 0 bridgehead atoms. The van der Waals surface area contributed by atoms with E-state index in [1.165, 1.54) is 18.5 Å². The lowest BCUT2D eigenvalue weighted by Gasteiger charge is -2.37. The third-order valence-corrected chi connectivity index (χ3v) is 11.5. The summed E-state index contributed by atoms with van der Waals surface area (Å²) < 4.78 is 38.0. The van der Waals surface area contributed by atoms with Crippen molar-refractivity contribution in [1.82, 2.24) is 24.3 Å². The Bertz CT molecular complexity index is 2370. The Morgan fingerprint density at radius 1 is 0.980 bits per heavy atom. The number of fused-ring (bicyclic) bond motifs is 5. The van der Waals surface area contributed by atoms with Crippen LogP contribution in [0.25, 0.3) is 22.3 Å². The minimum absolute atomic E-state index is 0.0482. The number of esters is 1. The molecule has 1 fully saturated rings. The number of amidine groups is 1. The molecule has 6 heterocycles. The van der Waals surface area contributed by atoms with Crippen LogP contribution in [0, 0.1) is 0 Å². The topological polar surface area (TPSA) is 147 Å². The average molecular weight is 705 g/mol. The maximum absolute atomic E-state index is 13.9. The van der Waals surface area contributed by atoms with Crippen molar-refractivity contribution in [3.63, 3.8) is 0 Å². The molecule has 1 atom stereocenters. The Labute approximate surface area is 294 Å². The van der Waals surface area contributed by atoms with Gasteiger partial charge in [-0.3, -0.25) is 14.7 Å². The highest BCUT2D eigenvalue weighted by Crippen LogP contribution is 2.40. The van der Waals surface area contributed by atoms with E-state index in [0.29, 0.717) is 62.9 Å². The average Bonchev–Trinajstić information content (AvgIpc) is 3.53. The predicted molar refractivity (Wildman–Crippen MR) is 190 cm³/mol. The molecule has 5 aromatic rings. The Morgan fingerprint density at radius 3 is 2.49 bits per heavy atom. The van der Waals surface area contributed by atoms with Gasteiger partial charge in [0.1, 0.15) is 17.3 Å². The summed E-state index contributed by atoms with van der Waals surface area (Å²) in [6, 6.07) is 22.4. The van der Waals surface area contributed by atoms with E-state index in [1.807, 2.05) is 59.5 Å². The number of aromatic nitrogens is 3. The van der Waals surface area contributed by atoms with Crippen LogP contribution >= 0.6 is 0 Å². The Hall–Kier alpha value is -5.24. The monoisotopic (exact) mass is 704 g/mol. The highest BCUT2D eigenvalue weighted by atomic mass is 32.2. The Balaban J connectivity index is 1.11. The molecule has 13 heteroatoms. The standard InChI is InChI=1S/C38H36N6O6S/c1-2-38(47)31-20-33-35-29(23-44(33)36(45)30(31)24-50-37(38)46)28(27-12-6-7-13-32(27)40-35)22-42-15-17-43(18-16-42)34(19-25-9-4-3-5-10-25)41-51(48,49)26-11-8-14-39-21-26/h3-14,20-21,47H,2,15-19,22-24H2,1H3/b41-34-/t38-/m0/s1. The van der Waals surface area contributed by atoms with Gasteiger partial charge in [0, 0.05) is 68.1 Å². The highest BCUT2D eigenvalue weighted by molar-refractivity contribution is 7.90. The quantitative estimate of drug-likeness (QED) is 0.149. The van der Waals surface area contributed by atoms with Gasteiger partial charge in [-0.2, -0.15) is 8.42 Å². The second-order valence-corrected chi connectivity index (χ2v) is 14.7. The lowest BCUT2D eigenvalue weighted by atomic mass is 9.86. The number of rotatable bonds is 7. The summed E-state index contributed by atoms with van der Waals surface area (Å²) in [5.74, 6) is -0.272. The fourth-order valence-corrected chi connectivity index (χ4v) is 8.36. The molecular formula is C38H36N6O6S. The molecule has 1 N–H and O–H groups in total. The fraction of sp³-hybridized carbons (Fsp3) is 0.289. The smallest absolute Gasteiger partial charge is 0.343 e.